The highest BCUT2D eigenvalue weighted by atomic mass is 15.2. The average Bonchev–Trinajstić information content (AvgIpc) is 2.63. The minimum Gasteiger partial charge on any atom is -0.334 e. The predicted molar refractivity (Wildman–Crippen MR) is 102 cm³/mol. The van der Waals surface area contributed by atoms with Crippen molar-refractivity contribution < 1.29 is 0 Å². The van der Waals surface area contributed by atoms with Crippen molar-refractivity contribution in [3.63, 3.8) is 0 Å². The summed E-state index contributed by atoms with van der Waals surface area (Å²) in [5, 5.41) is 0. The summed E-state index contributed by atoms with van der Waals surface area (Å²) in [5.74, 6) is 0. The second-order valence-corrected chi connectivity index (χ2v) is 6.27. The molecule has 118 valence electrons. The molecule has 0 fully saturated rings. The largest absolute Gasteiger partial charge is 0.334 e. The van der Waals surface area contributed by atoms with E-state index in [1.54, 1.807) is 0 Å². The Morgan fingerprint density at radius 1 is 0.792 bits per heavy atom. The Morgan fingerprint density at radius 2 is 1.42 bits per heavy atom. The molecule has 0 saturated heterocycles. The van der Waals surface area contributed by atoms with Gasteiger partial charge in [-0.05, 0) is 54.8 Å². The molecule has 2 nitrogen and oxygen atoms in total. The van der Waals surface area contributed by atoms with Crippen LogP contribution in [-0.4, -0.2) is 12.3 Å². The summed E-state index contributed by atoms with van der Waals surface area (Å²) < 4.78 is 0. The molecule has 3 aromatic carbocycles. The van der Waals surface area contributed by atoms with Crippen LogP contribution in [0, 0.1) is 13.8 Å². The zero-order valence-corrected chi connectivity index (χ0v) is 14.0. The van der Waals surface area contributed by atoms with Crippen molar-refractivity contribution in [1.82, 2.24) is 0 Å². The molecule has 1 aliphatic heterocycles. The third kappa shape index (κ3) is 2.61. The number of para-hydroxylation sites is 1. The first kappa shape index (κ1) is 14.7. The standard InChI is InChI=1S/C22H20N2/c1-16-13-20-22(14-17(16)2)24(19-11-7-4-8-12-19)15-21(23-20)18-9-5-3-6-10-18/h3-14H,15H2,1-2H3. The molecule has 4 rings (SSSR count). The molecular weight excluding hydrogens is 292 g/mol. The maximum absolute atomic E-state index is 4.97. The zero-order valence-electron chi connectivity index (χ0n) is 14.0. The van der Waals surface area contributed by atoms with Crippen LogP contribution in [0.3, 0.4) is 0 Å². The summed E-state index contributed by atoms with van der Waals surface area (Å²) in [6.45, 7) is 5.09. The minimum atomic E-state index is 0.781. The van der Waals surface area contributed by atoms with Gasteiger partial charge in [-0.1, -0.05) is 48.5 Å². The minimum absolute atomic E-state index is 0.781. The van der Waals surface area contributed by atoms with Crippen molar-refractivity contribution in [1.29, 1.82) is 0 Å². The van der Waals surface area contributed by atoms with Gasteiger partial charge in [-0.2, -0.15) is 0 Å². The van der Waals surface area contributed by atoms with Crippen LogP contribution in [0.5, 0.6) is 0 Å². The molecule has 0 amide bonds. The quantitative estimate of drug-likeness (QED) is 0.603. The van der Waals surface area contributed by atoms with E-state index in [9.17, 15) is 0 Å². The first-order chi connectivity index (χ1) is 11.7. The van der Waals surface area contributed by atoms with Gasteiger partial charge in [-0.3, -0.25) is 0 Å². The summed E-state index contributed by atoms with van der Waals surface area (Å²) >= 11 is 0. The fraction of sp³-hybridized carbons (Fsp3) is 0.136. The number of hydrogen-bond acceptors (Lipinski definition) is 2. The van der Waals surface area contributed by atoms with Gasteiger partial charge in [0.05, 0.1) is 23.6 Å². The number of rotatable bonds is 2. The summed E-state index contributed by atoms with van der Waals surface area (Å²) in [4.78, 5) is 7.33. The molecule has 3 aromatic rings. The number of aryl methyl sites for hydroxylation is 2. The van der Waals surface area contributed by atoms with Crippen LogP contribution in [0.15, 0.2) is 77.8 Å². The van der Waals surface area contributed by atoms with Crippen LogP contribution in [0.25, 0.3) is 0 Å². The Balaban J connectivity index is 1.89. The Morgan fingerprint density at radius 3 is 2.12 bits per heavy atom. The fourth-order valence-electron chi connectivity index (χ4n) is 3.13. The van der Waals surface area contributed by atoms with E-state index in [1.807, 2.05) is 6.07 Å². The third-order valence-electron chi connectivity index (χ3n) is 4.62. The molecule has 0 saturated carbocycles. The van der Waals surface area contributed by atoms with Crippen LogP contribution in [0.2, 0.25) is 0 Å². The number of aliphatic imine (C=N–C) groups is 1. The van der Waals surface area contributed by atoms with Crippen LogP contribution >= 0.6 is 0 Å². The highest BCUT2D eigenvalue weighted by Gasteiger charge is 2.22. The van der Waals surface area contributed by atoms with Gasteiger partial charge in [0.2, 0.25) is 0 Å². The van der Waals surface area contributed by atoms with Gasteiger partial charge in [0.15, 0.2) is 0 Å². The molecule has 0 aliphatic carbocycles. The van der Waals surface area contributed by atoms with E-state index < -0.39 is 0 Å². The van der Waals surface area contributed by atoms with Crippen molar-refractivity contribution in [2.75, 3.05) is 11.4 Å². The number of hydrogen-bond donors (Lipinski definition) is 0. The lowest BCUT2D eigenvalue weighted by Gasteiger charge is -2.31. The van der Waals surface area contributed by atoms with Gasteiger partial charge in [-0.25, -0.2) is 4.99 Å². The van der Waals surface area contributed by atoms with Gasteiger partial charge < -0.3 is 4.90 Å². The fourth-order valence-corrected chi connectivity index (χ4v) is 3.13. The van der Waals surface area contributed by atoms with E-state index in [0.29, 0.717) is 0 Å². The summed E-state index contributed by atoms with van der Waals surface area (Å²) in [6.07, 6.45) is 0. The van der Waals surface area contributed by atoms with E-state index in [2.05, 4.69) is 85.5 Å². The number of fused-ring (bicyclic) bond motifs is 1. The van der Waals surface area contributed by atoms with Gasteiger partial charge in [0.25, 0.3) is 0 Å². The van der Waals surface area contributed by atoms with Crippen molar-refractivity contribution in [3.8, 4) is 0 Å². The van der Waals surface area contributed by atoms with Gasteiger partial charge >= 0.3 is 0 Å². The van der Waals surface area contributed by atoms with E-state index >= 15 is 0 Å². The summed E-state index contributed by atoms with van der Waals surface area (Å²) in [5.41, 5.74) is 8.30. The molecule has 0 spiro atoms. The van der Waals surface area contributed by atoms with Crippen LogP contribution < -0.4 is 4.90 Å². The van der Waals surface area contributed by atoms with E-state index in [0.717, 1.165) is 17.9 Å². The molecule has 0 aromatic heterocycles. The maximum atomic E-state index is 4.97. The monoisotopic (exact) mass is 312 g/mol. The highest BCUT2D eigenvalue weighted by Crippen LogP contribution is 2.39. The molecule has 0 unspecified atom stereocenters. The molecular formula is C22H20N2. The SMILES string of the molecule is Cc1cc2c(cc1C)N(c1ccccc1)CC(c1ccccc1)=N2. The smallest absolute Gasteiger partial charge is 0.0873 e. The first-order valence-electron chi connectivity index (χ1n) is 8.29. The van der Waals surface area contributed by atoms with Crippen molar-refractivity contribution in [3.05, 3.63) is 89.5 Å². The van der Waals surface area contributed by atoms with Crippen molar-refractivity contribution in [2.45, 2.75) is 13.8 Å². The van der Waals surface area contributed by atoms with Crippen LogP contribution in [-0.2, 0) is 0 Å². The second-order valence-electron chi connectivity index (χ2n) is 6.27. The van der Waals surface area contributed by atoms with E-state index in [1.165, 1.54) is 28.1 Å². The molecule has 24 heavy (non-hydrogen) atoms. The van der Waals surface area contributed by atoms with Gasteiger partial charge in [0, 0.05) is 5.69 Å². The number of nitrogens with zero attached hydrogens (tertiary/aromatic N) is 2. The Labute approximate surface area is 143 Å². The lowest BCUT2D eigenvalue weighted by Crippen LogP contribution is -2.29. The van der Waals surface area contributed by atoms with E-state index in [-0.39, 0.29) is 0 Å². The highest BCUT2D eigenvalue weighted by molar-refractivity contribution is 6.08. The molecule has 1 heterocycles. The molecule has 0 N–H and O–H groups in total. The number of benzene rings is 3. The zero-order chi connectivity index (χ0) is 16.5. The topological polar surface area (TPSA) is 15.6 Å². The molecule has 0 bridgehead atoms. The number of anilines is 2. The van der Waals surface area contributed by atoms with E-state index in [4.69, 9.17) is 4.99 Å². The maximum Gasteiger partial charge on any atom is 0.0873 e. The summed E-state index contributed by atoms with van der Waals surface area (Å²) in [7, 11) is 0. The average molecular weight is 312 g/mol. The Hall–Kier alpha value is -2.87. The lowest BCUT2D eigenvalue weighted by molar-refractivity contribution is 1.09. The van der Waals surface area contributed by atoms with Gasteiger partial charge in [-0.15, -0.1) is 0 Å². The molecule has 0 radical (unpaired) electrons. The van der Waals surface area contributed by atoms with Crippen molar-refractivity contribution >= 4 is 22.8 Å². The normalized spacial score (nSPS) is 13.4. The summed E-state index contributed by atoms with van der Waals surface area (Å²) in [6, 6.07) is 25.5. The Kier molecular flexibility index (Phi) is 3.66. The molecule has 2 heteroatoms. The Bertz CT molecular complexity index is 896. The second kappa shape index (κ2) is 5.97. The van der Waals surface area contributed by atoms with Crippen molar-refractivity contribution in [2.24, 2.45) is 4.99 Å². The van der Waals surface area contributed by atoms with Crippen LogP contribution in [0.4, 0.5) is 17.1 Å². The van der Waals surface area contributed by atoms with Gasteiger partial charge in [0.1, 0.15) is 0 Å². The molecule has 0 atom stereocenters. The third-order valence-corrected chi connectivity index (χ3v) is 4.62. The molecule has 1 aliphatic rings. The van der Waals surface area contributed by atoms with Crippen LogP contribution in [0.1, 0.15) is 16.7 Å². The predicted octanol–water partition coefficient (Wildman–Crippen LogP) is 5.58. The first-order valence-corrected chi connectivity index (χ1v) is 8.29. The lowest BCUT2D eigenvalue weighted by atomic mass is 10.0.